The average Bonchev–Trinajstić information content (AvgIpc) is 2.82. The number of H-pyrrole nitrogens is 1. The SMILES string of the molecule is COc1cccc(OCCc2nn[nH]n2)c1. The number of aromatic amines is 1. The Morgan fingerprint density at radius 3 is 2.94 bits per heavy atom. The molecule has 0 saturated heterocycles. The van der Waals surface area contributed by atoms with E-state index in [1.807, 2.05) is 24.3 Å². The summed E-state index contributed by atoms with van der Waals surface area (Å²) in [5.41, 5.74) is 0. The number of rotatable bonds is 5. The maximum absolute atomic E-state index is 5.52. The van der Waals surface area contributed by atoms with E-state index in [-0.39, 0.29) is 0 Å². The molecule has 16 heavy (non-hydrogen) atoms. The van der Waals surface area contributed by atoms with E-state index in [1.54, 1.807) is 7.11 Å². The molecular weight excluding hydrogens is 208 g/mol. The normalized spacial score (nSPS) is 10.1. The van der Waals surface area contributed by atoms with Gasteiger partial charge in [-0.05, 0) is 12.1 Å². The van der Waals surface area contributed by atoms with Crippen LogP contribution >= 0.6 is 0 Å². The van der Waals surface area contributed by atoms with Gasteiger partial charge in [-0.25, -0.2) is 0 Å². The number of nitrogens with one attached hydrogen (secondary N) is 1. The van der Waals surface area contributed by atoms with E-state index in [0.29, 0.717) is 18.9 Å². The second kappa shape index (κ2) is 5.11. The molecule has 0 saturated carbocycles. The number of hydrogen-bond donors (Lipinski definition) is 1. The molecule has 1 heterocycles. The van der Waals surface area contributed by atoms with Gasteiger partial charge >= 0.3 is 0 Å². The summed E-state index contributed by atoms with van der Waals surface area (Å²) in [4.78, 5) is 0. The van der Waals surface area contributed by atoms with Gasteiger partial charge in [0.25, 0.3) is 0 Å². The van der Waals surface area contributed by atoms with Gasteiger partial charge in [0.15, 0.2) is 5.82 Å². The van der Waals surface area contributed by atoms with Crippen molar-refractivity contribution in [2.24, 2.45) is 0 Å². The molecule has 2 rings (SSSR count). The summed E-state index contributed by atoms with van der Waals surface area (Å²) >= 11 is 0. The zero-order valence-corrected chi connectivity index (χ0v) is 8.88. The highest BCUT2D eigenvalue weighted by atomic mass is 16.5. The molecule has 0 aliphatic heterocycles. The largest absolute Gasteiger partial charge is 0.497 e. The lowest BCUT2D eigenvalue weighted by Gasteiger charge is -2.05. The average molecular weight is 220 g/mol. The zero-order chi connectivity index (χ0) is 11.2. The van der Waals surface area contributed by atoms with Crippen molar-refractivity contribution in [3.63, 3.8) is 0 Å². The predicted octanol–water partition coefficient (Wildman–Crippen LogP) is 0.830. The van der Waals surface area contributed by atoms with Crippen LogP contribution in [-0.4, -0.2) is 34.3 Å². The first-order chi connectivity index (χ1) is 7.88. The molecule has 0 aliphatic carbocycles. The summed E-state index contributed by atoms with van der Waals surface area (Å²) in [5, 5.41) is 13.5. The van der Waals surface area contributed by atoms with Crippen molar-refractivity contribution in [1.82, 2.24) is 20.6 Å². The van der Waals surface area contributed by atoms with Crippen LogP contribution in [0.3, 0.4) is 0 Å². The molecule has 0 unspecified atom stereocenters. The lowest BCUT2D eigenvalue weighted by atomic mass is 10.3. The molecule has 6 heteroatoms. The fourth-order valence-corrected chi connectivity index (χ4v) is 1.24. The van der Waals surface area contributed by atoms with Gasteiger partial charge in [0, 0.05) is 12.5 Å². The van der Waals surface area contributed by atoms with Crippen LogP contribution in [0.15, 0.2) is 24.3 Å². The molecule has 84 valence electrons. The highest BCUT2D eigenvalue weighted by Gasteiger charge is 2.00. The Hall–Kier alpha value is -2.11. The molecule has 2 aromatic rings. The van der Waals surface area contributed by atoms with Gasteiger partial charge in [-0.3, -0.25) is 0 Å². The third-order valence-electron chi connectivity index (χ3n) is 2.02. The number of ether oxygens (including phenoxy) is 2. The van der Waals surface area contributed by atoms with E-state index in [1.165, 1.54) is 0 Å². The van der Waals surface area contributed by atoms with Gasteiger partial charge in [-0.1, -0.05) is 11.3 Å². The van der Waals surface area contributed by atoms with E-state index in [4.69, 9.17) is 9.47 Å². The van der Waals surface area contributed by atoms with Gasteiger partial charge in [0.05, 0.1) is 13.7 Å². The van der Waals surface area contributed by atoms with E-state index in [2.05, 4.69) is 20.6 Å². The first-order valence-electron chi connectivity index (χ1n) is 4.87. The van der Waals surface area contributed by atoms with E-state index in [9.17, 15) is 0 Å². The number of nitrogens with zero attached hydrogens (tertiary/aromatic N) is 3. The Morgan fingerprint density at radius 1 is 1.31 bits per heavy atom. The second-order valence-corrected chi connectivity index (χ2v) is 3.11. The highest BCUT2D eigenvalue weighted by molar-refractivity contribution is 5.32. The van der Waals surface area contributed by atoms with Crippen LogP contribution < -0.4 is 9.47 Å². The molecule has 6 nitrogen and oxygen atoms in total. The summed E-state index contributed by atoms with van der Waals surface area (Å²) in [6, 6.07) is 7.45. The predicted molar refractivity (Wildman–Crippen MR) is 56.4 cm³/mol. The highest BCUT2D eigenvalue weighted by Crippen LogP contribution is 2.18. The molecule has 0 radical (unpaired) electrons. The van der Waals surface area contributed by atoms with Crippen LogP contribution in [0.25, 0.3) is 0 Å². The minimum Gasteiger partial charge on any atom is -0.497 e. The minimum atomic E-state index is 0.507. The van der Waals surface area contributed by atoms with Crippen LogP contribution in [0.5, 0.6) is 11.5 Å². The first-order valence-corrected chi connectivity index (χ1v) is 4.87. The van der Waals surface area contributed by atoms with Gasteiger partial charge in [-0.2, -0.15) is 5.21 Å². The van der Waals surface area contributed by atoms with Crippen molar-refractivity contribution in [2.45, 2.75) is 6.42 Å². The first kappa shape index (κ1) is 10.4. The molecular formula is C10H12N4O2. The minimum absolute atomic E-state index is 0.507. The van der Waals surface area contributed by atoms with Gasteiger partial charge < -0.3 is 9.47 Å². The monoisotopic (exact) mass is 220 g/mol. The van der Waals surface area contributed by atoms with E-state index >= 15 is 0 Å². The molecule has 0 spiro atoms. The summed E-state index contributed by atoms with van der Waals surface area (Å²) in [6.45, 7) is 0.507. The lowest BCUT2D eigenvalue weighted by Crippen LogP contribution is -2.02. The van der Waals surface area contributed by atoms with Crippen LogP contribution in [0, 0.1) is 0 Å². The van der Waals surface area contributed by atoms with Crippen molar-refractivity contribution in [1.29, 1.82) is 0 Å². The fourth-order valence-electron chi connectivity index (χ4n) is 1.24. The van der Waals surface area contributed by atoms with Gasteiger partial charge in [-0.15, -0.1) is 10.2 Å². The van der Waals surface area contributed by atoms with Crippen LogP contribution in [0.4, 0.5) is 0 Å². The molecule has 0 atom stereocenters. The Balaban J connectivity index is 1.85. The van der Waals surface area contributed by atoms with Crippen molar-refractivity contribution < 1.29 is 9.47 Å². The lowest BCUT2D eigenvalue weighted by molar-refractivity contribution is 0.316. The summed E-state index contributed by atoms with van der Waals surface area (Å²) < 4.78 is 10.6. The summed E-state index contributed by atoms with van der Waals surface area (Å²) in [5.74, 6) is 2.18. The summed E-state index contributed by atoms with van der Waals surface area (Å²) in [7, 11) is 1.62. The number of tetrazole rings is 1. The molecule has 0 amide bonds. The zero-order valence-electron chi connectivity index (χ0n) is 8.88. The second-order valence-electron chi connectivity index (χ2n) is 3.11. The van der Waals surface area contributed by atoms with Crippen LogP contribution in [-0.2, 0) is 6.42 Å². The Kier molecular flexibility index (Phi) is 3.32. The number of methoxy groups -OCH3 is 1. The summed E-state index contributed by atoms with van der Waals surface area (Å²) in [6.07, 6.45) is 0.619. The van der Waals surface area contributed by atoms with Crippen molar-refractivity contribution in [3.8, 4) is 11.5 Å². The smallest absolute Gasteiger partial charge is 0.177 e. The van der Waals surface area contributed by atoms with Crippen molar-refractivity contribution in [2.75, 3.05) is 13.7 Å². The van der Waals surface area contributed by atoms with Crippen LogP contribution in [0.1, 0.15) is 5.82 Å². The van der Waals surface area contributed by atoms with E-state index in [0.717, 1.165) is 11.5 Å². The van der Waals surface area contributed by atoms with Gasteiger partial charge in [0.1, 0.15) is 11.5 Å². The topological polar surface area (TPSA) is 72.9 Å². The van der Waals surface area contributed by atoms with Gasteiger partial charge in [0.2, 0.25) is 0 Å². The fraction of sp³-hybridized carbons (Fsp3) is 0.300. The molecule has 1 aromatic carbocycles. The number of hydrogen-bond acceptors (Lipinski definition) is 5. The Labute approximate surface area is 92.6 Å². The maximum Gasteiger partial charge on any atom is 0.177 e. The standard InChI is InChI=1S/C10H12N4O2/c1-15-8-3-2-4-9(7-8)16-6-5-10-11-13-14-12-10/h2-4,7H,5-6H2,1H3,(H,11,12,13,14). The molecule has 0 fully saturated rings. The molecule has 0 aliphatic rings. The number of aromatic nitrogens is 4. The Morgan fingerprint density at radius 2 is 2.19 bits per heavy atom. The van der Waals surface area contributed by atoms with Crippen molar-refractivity contribution in [3.05, 3.63) is 30.1 Å². The molecule has 1 aromatic heterocycles. The maximum atomic E-state index is 5.52. The van der Waals surface area contributed by atoms with E-state index < -0.39 is 0 Å². The van der Waals surface area contributed by atoms with Crippen molar-refractivity contribution >= 4 is 0 Å². The molecule has 0 bridgehead atoms. The molecule has 1 N–H and O–H groups in total. The Bertz CT molecular complexity index is 430. The third-order valence-corrected chi connectivity index (χ3v) is 2.02. The van der Waals surface area contributed by atoms with Crippen LogP contribution in [0.2, 0.25) is 0 Å². The quantitative estimate of drug-likeness (QED) is 0.807. The number of benzene rings is 1. The third kappa shape index (κ3) is 2.69.